The molecule has 5 aliphatic rings. The van der Waals surface area contributed by atoms with Crippen molar-refractivity contribution in [2.45, 2.75) is 148 Å². The van der Waals surface area contributed by atoms with Crippen LogP contribution in [0, 0.1) is 0 Å². The molecule has 5 heterocycles. The summed E-state index contributed by atoms with van der Waals surface area (Å²) in [5.74, 6) is 0. The summed E-state index contributed by atoms with van der Waals surface area (Å²) in [6.45, 7) is 31.5. The van der Waals surface area contributed by atoms with Crippen LogP contribution < -0.4 is 26.2 Å². The van der Waals surface area contributed by atoms with Gasteiger partial charge in [-0.05, 0) is 140 Å². The highest BCUT2D eigenvalue weighted by Crippen LogP contribution is 2.62. The number of anilines is 5. The van der Waals surface area contributed by atoms with Crippen LogP contribution in [0.25, 0.3) is 49.7 Å². The second kappa shape index (κ2) is 14.0. The molecule has 9 aromatic rings. The van der Waals surface area contributed by atoms with E-state index in [1.807, 2.05) is 0 Å². The molecule has 5 heteroatoms. The third kappa shape index (κ3) is 5.55. The minimum Gasteiger partial charge on any atom is -0.456 e. The number of aromatic nitrogens is 1. The van der Waals surface area contributed by atoms with Gasteiger partial charge in [0.05, 0.1) is 16.6 Å². The number of para-hydroxylation sites is 1. The number of benzene rings is 7. The summed E-state index contributed by atoms with van der Waals surface area (Å²) in [6.07, 6.45) is 4.82. The summed E-state index contributed by atoms with van der Waals surface area (Å²) in [5.41, 5.74) is 25.6. The maximum atomic E-state index is 6.76. The van der Waals surface area contributed by atoms with Crippen LogP contribution in [-0.2, 0) is 27.1 Å². The zero-order valence-electron chi connectivity index (χ0n) is 44.8. The Balaban J connectivity index is 1.13. The molecular formula is C67H68BN3O. The van der Waals surface area contributed by atoms with E-state index in [2.05, 4.69) is 232 Å². The first-order valence-corrected chi connectivity index (χ1v) is 26.9. The molecule has 4 nitrogen and oxygen atoms in total. The fourth-order valence-corrected chi connectivity index (χ4v) is 14.8. The molecule has 2 aliphatic carbocycles. The van der Waals surface area contributed by atoms with Crippen LogP contribution in [-0.4, -0.2) is 16.8 Å². The van der Waals surface area contributed by atoms with E-state index < -0.39 is 0 Å². The normalized spacial score (nSPS) is 20.5. The second-order valence-electron chi connectivity index (χ2n) is 26.5. The van der Waals surface area contributed by atoms with Gasteiger partial charge in [-0.15, -0.1) is 0 Å². The van der Waals surface area contributed by atoms with E-state index in [-0.39, 0.29) is 39.3 Å². The van der Waals surface area contributed by atoms with Gasteiger partial charge in [-0.25, -0.2) is 0 Å². The third-order valence-corrected chi connectivity index (χ3v) is 18.9. The van der Waals surface area contributed by atoms with Crippen LogP contribution in [0.15, 0.2) is 132 Å². The van der Waals surface area contributed by atoms with Gasteiger partial charge in [-0.3, -0.25) is 0 Å². The van der Waals surface area contributed by atoms with E-state index in [1.165, 1.54) is 120 Å². The molecular weight excluding hydrogens is 874 g/mol. The molecule has 2 atom stereocenters. The Hall–Kier alpha value is -6.46. The number of hydrogen-bond acceptors (Lipinski definition) is 3. The van der Waals surface area contributed by atoms with E-state index in [4.69, 9.17) is 4.42 Å². The molecule has 0 saturated heterocycles. The van der Waals surface area contributed by atoms with Gasteiger partial charge < -0.3 is 18.8 Å². The molecule has 0 bridgehead atoms. The highest BCUT2D eigenvalue weighted by Gasteiger charge is 2.58. The second-order valence-corrected chi connectivity index (χ2v) is 26.5. The summed E-state index contributed by atoms with van der Waals surface area (Å²) >= 11 is 0. The Morgan fingerprint density at radius 2 is 1.22 bits per heavy atom. The summed E-state index contributed by atoms with van der Waals surface area (Å²) in [7, 11) is 0. The largest absolute Gasteiger partial charge is 0.456 e. The number of nitrogens with zero attached hydrogens (tertiary/aromatic N) is 3. The van der Waals surface area contributed by atoms with Crippen LogP contribution in [0.3, 0.4) is 0 Å². The van der Waals surface area contributed by atoms with Crippen LogP contribution in [0.2, 0.25) is 0 Å². The van der Waals surface area contributed by atoms with Crippen LogP contribution >= 0.6 is 0 Å². The molecule has 1 saturated carbocycles. The van der Waals surface area contributed by atoms with Gasteiger partial charge in [0.1, 0.15) is 11.2 Å². The smallest absolute Gasteiger partial charge is 0.252 e. The lowest BCUT2D eigenvalue weighted by Gasteiger charge is -2.50. The van der Waals surface area contributed by atoms with Gasteiger partial charge in [-0.2, -0.15) is 0 Å². The lowest BCUT2D eigenvalue weighted by Crippen LogP contribution is -2.61. The lowest BCUT2D eigenvalue weighted by molar-refractivity contribution is 0.195. The quantitative estimate of drug-likeness (QED) is 0.161. The first-order chi connectivity index (χ1) is 34.1. The molecule has 14 rings (SSSR count). The SMILES string of the molecule is CC(C)(C)c1cc2c3c(c1)-n1c4c(c5cc(C(C)(C)C)cc(c51)B3c1ccc(N3c5ccc(C(C)(C)C)cc5C5(C)CCCCC35C)cc1N2c1cccc2oc3ccccc3c12)-c1ccccc1C4(C)C. The molecule has 7 aromatic carbocycles. The topological polar surface area (TPSA) is 24.6 Å². The van der Waals surface area contributed by atoms with Gasteiger partial charge in [0.15, 0.2) is 0 Å². The average molecular weight is 942 g/mol. The van der Waals surface area contributed by atoms with Gasteiger partial charge in [0.2, 0.25) is 0 Å². The standard InChI is InChI=1S/C67H68BN3O/c1-62(2,3)39-27-30-50-47(34-39)66(12)31-18-19-32-67(66,13)71(50)42-28-29-48-52(38-42)69(51-24-20-26-56-58(51)44-22-15-17-25-55(44)72-56)53-36-41(64(7,8)9)37-54-59(53)68(48)49-35-40(63(4,5)6)33-45-57-43-21-14-16-23-46(43)65(10,11)61(57)70(54)60(45)49/h14-17,20-30,33-38H,18-19,31-32H2,1-13H3. The predicted molar refractivity (Wildman–Crippen MR) is 306 cm³/mol. The molecule has 72 heavy (non-hydrogen) atoms. The van der Waals surface area contributed by atoms with Crippen LogP contribution in [0.5, 0.6) is 0 Å². The van der Waals surface area contributed by atoms with E-state index in [0.29, 0.717) is 0 Å². The van der Waals surface area contributed by atoms with E-state index in [9.17, 15) is 0 Å². The van der Waals surface area contributed by atoms with Gasteiger partial charge >= 0.3 is 0 Å². The molecule has 0 N–H and O–H groups in total. The molecule has 0 radical (unpaired) electrons. The Labute approximate surface area is 427 Å². The monoisotopic (exact) mass is 942 g/mol. The number of fused-ring (bicyclic) bond motifs is 15. The zero-order chi connectivity index (χ0) is 50.0. The zero-order valence-corrected chi connectivity index (χ0v) is 44.8. The van der Waals surface area contributed by atoms with Crippen molar-refractivity contribution in [1.29, 1.82) is 0 Å². The van der Waals surface area contributed by atoms with Crippen molar-refractivity contribution in [3.05, 3.63) is 161 Å². The Morgan fingerprint density at radius 1 is 0.528 bits per heavy atom. The van der Waals surface area contributed by atoms with Crippen molar-refractivity contribution >= 4 is 84.4 Å². The number of rotatable bonds is 2. The van der Waals surface area contributed by atoms with Gasteiger partial charge in [0.25, 0.3) is 6.71 Å². The molecule has 0 amide bonds. The Bertz CT molecular complexity index is 3860. The van der Waals surface area contributed by atoms with Crippen molar-refractivity contribution in [3.8, 4) is 16.8 Å². The van der Waals surface area contributed by atoms with Gasteiger partial charge in [-0.1, -0.05) is 169 Å². The maximum Gasteiger partial charge on any atom is 0.252 e. The van der Waals surface area contributed by atoms with E-state index >= 15 is 0 Å². The third-order valence-electron chi connectivity index (χ3n) is 18.9. The highest BCUT2D eigenvalue weighted by atomic mass is 16.3. The fourth-order valence-electron chi connectivity index (χ4n) is 14.8. The van der Waals surface area contributed by atoms with Crippen molar-refractivity contribution < 1.29 is 4.42 Å². The summed E-state index contributed by atoms with van der Waals surface area (Å²) < 4.78 is 9.51. The fraction of sp³-hybridized carbons (Fsp3) is 0.343. The first-order valence-electron chi connectivity index (χ1n) is 26.9. The van der Waals surface area contributed by atoms with Crippen LogP contribution in [0.4, 0.5) is 28.4 Å². The molecule has 2 aromatic heterocycles. The molecule has 2 unspecified atom stereocenters. The van der Waals surface area contributed by atoms with Crippen LogP contribution in [0.1, 0.15) is 149 Å². The molecule has 360 valence electrons. The highest BCUT2D eigenvalue weighted by molar-refractivity contribution is 7.00. The van der Waals surface area contributed by atoms with Crippen molar-refractivity contribution in [2.24, 2.45) is 0 Å². The number of furan rings is 1. The lowest BCUT2D eigenvalue weighted by atomic mass is 9.33. The van der Waals surface area contributed by atoms with E-state index in [1.54, 1.807) is 0 Å². The minimum atomic E-state index is -0.229. The molecule has 3 aliphatic heterocycles. The summed E-state index contributed by atoms with van der Waals surface area (Å²) in [6, 6.07) is 50.0. The number of hydrogen-bond donors (Lipinski definition) is 0. The average Bonchev–Trinajstić information content (AvgIpc) is 4.02. The summed E-state index contributed by atoms with van der Waals surface area (Å²) in [5, 5.41) is 3.67. The van der Waals surface area contributed by atoms with Crippen molar-refractivity contribution in [3.63, 3.8) is 0 Å². The molecule has 1 fully saturated rings. The minimum absolute atomic E-state index is 0.00240. The molecule has 0 spiro atoms. The predicted octanol–water partition coefficient (Wildman–Crippen LogP) is 16.1. The van der Waals surface area contributed by atoms with Gasteiger partial charge in [0, 0.05) is 66.8 Å². The Kier molecular flexibility index (Phi) is 8.59. The Morgan fingerprint density at radius 3 is 2.00 bits per heavy atom. The van der Waals surface area contributed by atoms with E-state index in [0.717, 1.165) is 34.0 Å². The van der Waals surface area contributed by atoms with Crippen molar-refractivity contribution in [1.82, 2.24) is 4.57 Å². The maximum absolute atomic E-state index is 6.76. The van der Waals surface area contributed by atoms with Crippen molar-refractivity contribution in [2.75, 3.05) is 9.80 Å². The first kappa shape index (κ1) is 44.3. The summed E-state index contributed by atoms with van der Waals surface area (Å²) in [4.78, 5) is 5.47.